The first-order valence-electron chi connectivity index (χ1n) is 6.14. The minimum absolute atomic E-state index is 0.490. The van der Waals surface area contributed by atoms with E-state index in [-0.39, 0.29) is 0 Å². The Bertz CT molecular complexity index is 745. The Morgan fingerprint density at radius 1 is 1.16 bits per heavy atom. The van der Waals surface area contributed by atoms with Gasteiger partial charge in [0.05, 0.1) is 6.54 Å². The highest BCUT2D eigenvalue weighted by atomic mass is 15.2. The number of aryl methyl sites for hydroxylation is 2. The summed E-state index contributed by atoms with van der Waals surface area (Å²) in [6, 6.07) is 5.89. The Kier molecular flexibility index (Phi) is 2.67. The van der Waals surface area contributed by atoms with Crippen LogP contribution in [-0.4, -0.2) is 19.5 Å². The minimum atomic E-state index is 0.490. The summed E-state index contributed by atoms with van der Waals surface area (Å²) in [5, 5.41) is 0. The molecule has 5 nitrogen and oxygen atoms in total. The molecular formula is C14H15N5. The van der Waals surface area contributed by atoms with Crippen LogP contribution in [0.25, 0.3) is 11.2 Å². The van der Waals surface area contributed by atoms with Crippen LogP contribution in [0.1, 0.15) is 16.8 Å². The SMILES string of the molecule is Cc1ccc2nc(N)n(Cc3ccncc3C)c2n1. The van der Waals surface area contributed by atoms with Crippen molar-refractivity contribution >= 4 is 17.1 Å². The molecule has 3 aromatic rings. The Labute approximate surface area is 111 Å². The van der Waals surface area contributed by atoms with E-state index in [2.05, 4.69) is 15.0 Å². The van der Waals surface area contributed by atoms with E-state index < -0.39 is 0 Å². The topological polar surface area (TPSA) is 69.6 Å². The zero-order valence-corrected chi connectivity index (χ0v) is 11.0. The lowest BCUT2D eigenvalue weighted by Gasteiger charge is -2.08. The molecule has 0 unspecified atom stereocenters. The number of aromatic nitrogens is 4. The van der Waals surface area contributed by atoms with E-state index in [9.17, 15) is 0 Å². The first-order chi connectivity index (χ1) is 9.15. The number of hydrogen-bond donors (Lipinski definition) is 1. The predicted molar refractivity (Wildman–Crippen MR) is 74.8 cm³/mol. The third-order valence-electron chi connectivity index (χ3n) is 3.23. The van der Waals surface area contributed by atoms with Crippen molar-refractivity contribution in [1.29, 1.82) is 0 Å². The smallest absolute Gasteiger partial charge is 0.202 e. The van der Waals surface area contributed by atoms with Crippen LogP contribution in [0.2, 0.25) is 0 Å². The zero-order chi connectivity index (χ0) is 13.4. The largest absolute Gasteiger partial charge is 0.369 e. The van der Waals surface area contributed by atoms with E-state index in [4.69, 9.17) is 5.73 Å². The molecule has 0 aromatic carbocycles. The van der Waals surface area contributed by atoms with Gasteiger partial charge in [-0.25, -0.2) is 9.97 Å². The van der Waals surface area contributed by atoms with Gasteiger partial charge in [-0.1, -0.05) is 0 Å². The number of hydrogen-bond acceptors (Lipinski definition) is 4. The number of nitrogen functional groups attached to an aromatic ring is 1. The maximum Gasteiger partial charge on any atom is 0.202 e. The third kappa shape index (κ3) is 2.03. The molecule has 3 aromatic heterocycles. The second-order valence-corrected chi connectivity index (χ2v) is 4.65. The molecule has 0 spiro atoms. The van der Waals surface area contributed by atoms with Crippen LogP contribution < -0.4 is 5.73 Å². The van der Waals surface area contributed by atoms with Crippen LogP contribution in [0.15, 0.2) is 30.6 Å². The second kappa shape index (κ2) is 4.35. The van der Waals surface area contributed by atoms with Gasteiger partial charge < -0.3 is 5.73 Å². The first kappa shape index (κ1) is 11.6. The average molecular weight is 253 g/mol. The van der Waals surface area contributed by atoms with Crippen LogP contribution in [0.5, 0.6) is 0 Å². The molecule has 96 valence electrons. The predicted octanol–water partition coefficient (Wildman–Crippen LogP) is 2.07. The third-order valence-corrected chi connectivity index (χ3v) is 3.23. The highest BCUT2D eigenvalue weighted by Crippen LogP contribution is 2.19. The van der Waals surface area contributed by atoms with Crippen molar-refractivity contribution in [3.8, 4) is 0 Å². The molecule has 0 amide bonds. The van der Waals surface area contributed by atoms with Gasteiger partial charge in [-0.3, -0.25) is 9.55 Å². The molecule has 0 saturated heterocycles. The number of nitrogens with two attached hydrogens (primary N) is 1. The maximum atomic E-state index is 6.00. The first-order valence-corrected chi connectivity index (χ1v) is 6.14. The molecule has 0 aliphatic rings. The van der Waals surface area contributed by atoms with Gasteiger partial charge in [-0.2, -0.15) is 0 Å². The molecule has 5 heteroatoms. The minimum Gasteiger partial charge on any atom is -0.369 e. The fourth-order valence-corrected chi connectivity index (χ4v) is 2.12. The van der Waals surface area contributed by atoms with Crippen molar-refractivity contribution in [1.82, 2.24) is 19.5 Å². The van der Waals surface area contributed by atoms with Gasteiger partial charge in [-0.05, 0) is 43.2 Å². The molecule has 2 N–H and O–H groups in total. The Hall–Kier alpha value is -2.43. The molecule has 19 heavy (non-hydrogen) atoms. The van der Waals surface area contributed by atoms with Crippen LogP contribution in [0.4, 0.5) is 5.95 Å². The van der Waals surface area contributed by atoms with Crippen LogP contribution >= 0.6 is 0 Å². The molecule has 0 fully saturated rings. The van der Waals surface area contributed by atoms with E-state index >= 15 is 0 Å². The van der Waals surface area contributed by atoms with Crippen molar-refractivity contribution in [3.05, 3.63) is 47.4 Å². The van der Waals surface area contributed by atoms with Gasteiger partial charge in [0.1, 0.15) is 5.52 Å². The van der Waals surface area contributed by atoms with Gasteiger partial charge in [0, 0.05) is 18.1 Å². The lowest BCUT2D eigenvalue weighted by molar-refractivity contribution is 0.817. The van der Waals surface area contributed by atoms with E-state index in [1.54, 1.807) is 6.20 Å². The van der Waals surface area contributed by atoms with E-state index in [1.165, 1.54) is 5.56 Å². The van der Waals surface area contributed by atoms with Gasteiger partial charge in [0.25, 0.3) is 0 Å². The molecule has 0 aliphatic carbocycles. The van der Waals surface area contributed by atoms with Crippen LogP contribution in [-0.2, 0) is 6.54 Å². The second-order valence-electron chi connectivity index (χ2n) is 4.65. The average Bonchev–Trinajstić information content (AvgIpc) is 2.69. The highest BCUT2D eigenvalue weighted by molar-refractivity contribution is 5.74. The molecule has 3 rings (SSSR count). The number of fused-ring (bicyclic) bond motifs is 1. The number of nitrogens with zero attached hydrogens (tertiary/aromatic N) is 4. The Morgan fingerprint density at radius 2 is 2.00 bits per heavy atom. The number of rotatable bonds is 2. The van der Waals surface area contributed by atoms with Crippen molar-refractivity contribution in [2.45, 2.75) is 20.4 Å². The molecule has 0 aliphatic heterocycles. The van der Waals surface area contributed by atoms with Gasteiger partial charge in [0.15, 0.2) is 5.65 Å². The van der Waals surface area contributed by atoms with Gasteiger partial charge in [-0.15, -0.1) is 0 Å². The summed E-state index contributed by atoms with van der Waals surface area (Å²) in [4.78, 5) is 13.0. The highest BCUT2D eigenvalue weighted by Gasteiger charge is 2.10. The summed E-state index contributed by atoms with van der Waals surface area (Å²) in [7, 11) is 0. The number of anilines is 1. The lowest BCUT2D eigenvalue weighted by Crippen LogP contribution is -2.06. The molecule has 0 radical (unpaired) electrons. The monoisotopic (exact) mass is 253 g/mol. The fourth-order valence-electron chi connectivity index (χ4n) is 2.12. The van der Waals surface area contributed by atoms with Crippen molar-refractivity contribution in [3.63, 3.8) is 0 Å². The van der Waals surface area contributed by atoms with Crippen LogP contribution in [0.3, 0.4) is 0 Å². The Morgan fingerprint density at radius 3 is 2.79 bits per heavy atom. The number of imidazole rings is 1. The van der Waals surface area contributed by atoms with Gasteiger partial charge in [0.2, 0.25) is 5.95 Å². The zero-order valence-electron chi connectivity index (χ0n) is 11.0. The molecule has 0 atom stereocenters. The molecule has 0 saturated carbocycles. The molecule has 3 heterocycles. The molecule has 0 bridgehead atoms. The normalized spacial score (nSPS) is 11.1. The van der Waals surface area contributed by atoms with Crippen molar-refractivity contribution in [2.24, 2.45) is 0 Å². The summed E-state index contributed by atoms with van der Waals surface area (Å²) in [5.41, 5.74) is 10.9. The quantitative estimate of drug-likeness (QED) is 0.759. The summed E-state index contributed by atoms with van der Waals surface area (Å²) < 4.78 is 1.94. The number of pyridine rings is 2. The standard InChI is InChI=1S/C14H15N5/c1-9-7-16-6-5-11(9)8-19-13-12(18-14(19)15)4-3-10(2)17-13/h3-7H,8H2,1-2H3,(H2,15,18). The van der Waals surface area contributed by atoms with Gasteiger partial charge >= 0.3 is 0 Å². The lowest BCUT2D eigenvalue weighted by atomic mass is 10.1. The summed E-state index contributed by atoms with van der Waals surface area (Å²) in [6.45, 7) is 4.66. The van der Waals surface area contributed by atoms with Crippen LogP contribution in [0, 0.1) is 13.8 Å². The van der Waals surface area contributed by atoms with E-state index in [0.29, 0.717) is 12.5 Å². The van der Waals surface area contributed by atoms with Crippen molar-refractivity contribution < 1.29 is 0 Å². The van der Waals surface area contributed by atoms with E-state index in [0.717, 1.165) is 22.4 Å². The summed E-state index contributed by atoms with van der Waals surface area (Å²) in [5.74, 6) is 0.490. The van der Waals surface area contributed by atoms with E-state index in [1.807, 2.05) is 42.8 Å². The maximum absolute atomic E-state index is 6.00. The fraction of sp³-hybridized carbons (Fsp3) is 0.214. The summed E-state index contributed by atoms with van der Waals surface area (Å²) in [6.07, 6.45) is 3.64. The molecular weight excluding hydrogens is 238 g/mol. The Balaban J connectivity index is 2.12. The van der Waals surface area contributed by atoms with Crippen molar-refractivity contribution in [2.75, 3.05) is 5.73 Å². The summed E-state index contributed by atoms with van der Waals surface area (Å²) >= 11 is 0.